The predicted octanol–water partition coefficient (Wildman–Crippen LogP) is 15.4. The first-order valence-corrected chi connectivity index (χ1v) is 43.5. The van der Waals surface area contributed by atoms with Crippen molar-refractivity contribution >= 4 is 45.5 Å². The topological polar surface area (TPSA) is 240 Å². The van der Waals surface area contributed by atoms with Crippen LogP contribution in [0.2, 0.25) is 36.3 Å². The van der Waals surface area contributed by atoms with Crippen LogP contribution in [0.3, 0.4) is 0 Å². The number of benzene rings is 6. The van der Waals surface area contributed by atoms with Crippen LogP contribution in [-0.2, 0) is 40.6 Å². The zero-order chi connectivity index (χ0) is 77.8. The lowest BCUT2D eigenvalue weighted by molar-refractivity contribution is -0.0459. The highest BCUT2D eigenvalue weighted by molar-refractivity contribution is 6.74. The summed E-state index contributed by atoms with van der Waals surface area (Å²) in [5.74, 6) is 2.19. The van der Waals surface area contributed by atoms with Crippen LogP contribution in [0, 0.1) is 5.41 Å². The van der Waals surface area contributed by atoms with E-state index in [1.807, 2.05) is 135 Å². The fraction of sp³-hybridized carbons (Fsp3) is 0.459. The normalized spacial score (nSPS) is 19.3. The molecule has 5 N–H and O–H groups in total. The molecule has 2 aliphatic rings. The summed E-state index contributed by atoms with van der Waals surface area (Å²) in [6.45, 7) is 35.0. The number of nitrogens with zero attached hydrogens (tertiary/aromatic N) is 7. The number of carbonyl (C=O) groups excluding carboxylic acids is 1. The molecule has 0 radical (unpaired) electrons. The van der Waals surface area contributed by atoms with Crippen molar-refractivity contribution in [1.29, 1.82) is 0 Å². The highest BCUT2D eigenvalue weighted by Gasteiger charge is 2.55. The van der Waals surface area contributed by atoms with Crippen molar-refractivity contribution in [2.45, 2.75) is 204 Å². The molecule has 0 saturated carbocycles. The Morgan fingerprint density at radius 3 is 1.52 bits per heavy atom. The molecule has 23 heteroatoms. The third-order valence-electron chi connectivity index (χ3n) is 22.2. The van der Waals surface area contributed by atoms with Gasteiger partial charge in [0, 0.05) is 43.9 Å². The number of fused-ring (bicyclic) bond motifs is 1. The number of ether oxygens (including phenoxy) is 5. The first-order chi connectivity index (χ1) is 51.1. The fourth-order valence-electron chi connectivity index (χ4n) is 14.1. The number of imidazole rings is 1. The zero-order valence-electron chi connectivity index (χ0n) is 66.2. The van der Waals surface area contributed by atoms with Gasteiger partial charge >= 0.3 is 11.8 Å². The summed E-state index contributed by atoms with van der Waals surface area (Å²) in [5, 5.41) is 32.3. The third kappa shape index (κ3) is 17.5. The lowest BCUT2D eigenvalue weighted by Gasteiger charge is -2.44. The van der Waals surface area contributed by atoms with Gasteiger partial charge in [0.1, 0.15) is 71.0 Å². The van der Waals surface area contributed by atoms with Crippen LogP contribution in [0.5, 0.6) is 11.5 Å². The molecule has 3 aromatic heterocycles. The maximum atomic E-state index is 15.0. The highest BCUT2D eigenvalue weighted by atomic mass is 28.4. The second-order valence-corrected chi connectivity index (χ2v) is 43.3. The minimum atomic E-state index is -2.75. The largest absolute Gasteiger partial charge is 0.497 e. The van der Waals surface area contributed by atoms with Gasteiger partial charge in [-0.15, -0.1) is 0 Å². The van der Waals surface area contributed by atoms with Gasteiger partial charge in [-0.1, -0.05) is 208 Å². The van der Waals surface area contributed by atoms with E-state index in [9.17, 15) is 15.0 Å². The number of alkyl carbamates (subject to hydrolysis) is 1. The monoisotopic (exact) mass is 1500 g/mol. The Morgan fingerprint density at radius 1 is 0.602 bits per heavy atom. The molecule has 576 valence electrons. The third-order valence-corrected chi connectivity index (χ3v) is 31.2. The summed E-state index contributed by atoms with van der Waals surface area (Å²) in [6.07, 6.45) is -0.391. The van der Waals surface area contributed by atoms with Crippen molar-refractivity contribution in [3.8, 4) is 11.5 Å². The van der Waals surface area contributed by atoms with E-state index in [1.165, 1.54) is 4.57 Å². The van der Waals surface area contributed by atoms with Crippen molar-refractivity contribution in [1.82, 2.24) is 39.3 Å². The van der Waals surface area contributed by atoms with Crippen molar-refractivity contribution in [3.05, 3.63) is 238 Å². The molecule has 0 bridgehead atoms. The molecule has 21 nitrogen and oxygen atoms in total. The van der Waals surface area contributed by atoms with E-state index in [2.05, 4.69) is 170 Å². The molecule has 9 aromatic rings. The summed E-state index contributed by atoms with van der Waals surface area (Å²) in [5.41, 5.74) is 3.15. The first-order valence-electron chi connectivity index (χ1n) is 37.6. The van der Waals surface area contributed by atoms with E-state index < -0.39 is 100 Å². The number of carbonyl (C=O) groups is 1. The van der Waals surface area contributed by atoms with E-state index in [4.69, 9.17) is 52.5 Å². The summed E-state index contributed by atoms with van der Waals surface area (Å²) in [6, 6.07) is 56.4. The summed E-state index contributed by atoms with van der Waals surface area (Å²) in [7, 11) is -2.21. The van der Waals surface area contributed by atoms with Crippen molar-refractivity contribution < 1.29 is 47.5 Å². The number of nitrogens with one attached hydrogen (secondary N) is 3. The van der Waals surface area contributed by atoms with Gasteiger partial charge < -0.3 is 63.6 Å². The second-order valence-electron chi connectivity index (χ2n) is 33.8. The Hall–Kier alpha value is -8.63. The van der Waals surface area contributed by atoms with E-state index >= 15 is 4.79 Å². The number of methoxy groups -OCH3 is 2. The maximum absolute atomic E-state index is 15.0. The van der Waals surface area contributed by atoms with Gasteiger partial charge in [0.05, 0.1) is 33.3 Å². The number of aliphatic hydroxyl groups excluding tert-OH is 2. The van der Waals surface area contributed by atoms with E-state index in [0.29, 0.717) is 60.2 Å². The SMILES string of the molecule is COc1ccc(C(Nc2nc(=O)n([C@H]3C[C@H](O)[C@@H](CO)O3)cc2CCN(CC[C@H](NC(=O)OC(C)(C)C)C(C)(C)C)C[C@H]2O[C@@H](n3cnc4c(NC(c5ccccc5)(c5ccccc5)c5ccc(OC)cc5)ncnc43)[C@H](O[Si](C)(C)C(C)(C)C)[C@@H]2O[Si](C)(C)C(C)(C)C)(c2ccccc2)c2ccccc2)cc1. The molecule has 11 rings (SSSR count). The van der Waals surface area contributed by atoms with Crippen LogP contribution in [0.1, 0.15) is 147 Å². The average molecular weight is 1510 g/mol. The Balaban J connectivity index is 1.07. The molecular weight excluding hydrogens is 1390 g/mol. The standard InChI is InChI=1S/C85H112N10O11Si2/c1-80(2,3)69(89-79(99)104-81(4,5)6)48-50-93(49-47-57-52-94(70-51-66(97)68(54-96)102-70)78(98)90-74(57)91-84(58-31-23-19-24-32-58,59-33-25-20-26-34-59)62-39-43-64(100-13)44-40-62)53-67-72(105-107(15,16)82(7,8)9)73(106-108(17,18)83(10,11)12)77(103-67)95-56-88-71-75(86-55-87-76(71)95)92-85(60-35-27-21-28-36-60,61-37-29-22-30-38-61)63-41-45-65(101-14)46-42-63/h19-46,52,55-56,66-70,72-73,77,96-97H,47-51,53-54H2,1-18H3,(H,89,99)(H,86,87,92)(H,90,91,98)/t66-,67+,68+,69-,70+,72+,73+,77+/m0/s1. The smallest absolute Gasteiger partial charge is 0.407 e. The van der Waals surface area contributed by atoms with Crippen molar-refractivity contribution in [3.63, 3.8) is 0 Å². The van der Waals surface area contributed by atoms with E-state index in [0.717, 1.165) is 39.1 Å². The zero-order valence-corrected chi connectivity index (χ0v) is 68.2. The molecule has 5 heterocycles. The molecule has 2 aliphatic heterocycles. The number of amides is 1. The van der Waals surface area contributed by atoms with Crippen LogP contribution in [-0.4, -0.2) is 150 Å². The first kappa shape index (κ1) is 80.4. The molecule has 0 aliphatic carbocycles. The molecule has 108 heavy (non-hydrogen) atoms. The molecule has 6 aromatic carbocycles. The minimum Gasteiger partial charge on any atom is -0.497 e. The van der Waals surface area contributed by atoms with Gasteiger partial charge in [0.15, 0.2) is 39.8 Å². The number of anilines is 2. The Morgan fingerprint density at radius 2 is 1.07 bits per heavy atom. The van der Waals surface area contributed by atoms with Gasteiger partial charge in [-0.2, -0.15) is 4.98 Å². The fourth-order valence-corrected chi connectivity index (χ4v) is 16.7. The van der Waals surface area contributed by atoms with Crippen LogP contribution in [0.4, 0.5) is 16.4 Å². The second kappa shape index (κ2) is 32.5. The van der Waals surface area contributed by atoms with Gasteiger partial charge in [-0.05, 0) is 133 Å². The Bertz CT molecular complexity index is 4430. The molecule has 0 spiro atoms. The van der Waals surface area contributed by atoms with Gasteiger partial charge in [0.2, 0.25) is 0 Å². The number of hydrogen-bond donors (Lipinski definition) is 5. The lowest BCUT2D eigenvalue weighted by Crippen LogP contribution is -2.55. The van der Waals surface area contributed by atoms with Crippen molar-refractivity contribution in [2.75, 3.05) is 51.1 Å². The molecule has 0 unspecified atom stereocenters. The maximum Gasteiger partial charge on any atom is 0.407 e. The summed E-state index contributed by atoms with van der Waals surface area (Å²) >= 11 is 0. The van der Waals surface area contributed by atoms with Crippen LogP contribution >= 0.6 is 0 Å². The lowest BCUT2D eigenvalue weighted by atomic mass is 9.77. The Kier molecular flexibility index (Phi) is 24.2. The van der Waals surface area contributed by atoms with Crippen LogP contribution in [0.25, 0.3) is 11.2 Å². The highest BCUT2D eigenvalue weighted by Crippen LogP contribution is 2.49. The number of rotatable bonds is 28. The molecule has 1 amide bonds. The Labute approximate surface area is 639 Å². The molecular formula is C85H112N10O11Si2. The quantitative estimate of drug-likeness (QED) is 0.0226. The van der Waals surface area contributed by atoms with Crippen LogP contribution < -0.4 is 31.1 Å². The minimum absolute atomic E-state index is 0.0453. The number of hydrogen-bond acceptors (Lipinski definition) is 18. The number of aromatic nitrogens is 6. The predicted molar refractivity (Wildman–Crippen MR) is 430 cm³/mol. The van der Waals surface area contributed by atoms with E-state index in [1.54, 1.807) is 33.1 Å². The van der Waals surface area contributed by atoms with Crippen LogP contribution in [0.15, 0.2) is 194 Å². The van der Waals surface area contributed by atoms with Crippen molar-refractivity contribution in [2.24, 2.45) is 5.41 Å². The summed E-state index contributed by atoms with van der Waals surface area (Å²) in [4.78, 5) is 51.8. The van der Waals surface area contributed by atoms with Gasteiger partial charge in [-0.25, -0.2) is 24.5 Å². The molecule has 8 atom stereocenters. The average Bonchev–Trinajstić information content (AvgIpc) is 1.07. The molecule has 2 saturated heterocycles. The van der Waals surface area contributed by atoms with E-state index in [-0.39, 0.29) is 29.0 Å². The van der Waals surface area contributed by atoms with Gasteiger partial charge in [-0.3, -0.25) is 9.13 Å². The van der Waals surface area contributed by atoms with Gasteiger partial charge in [0.25, 0.3) is 0 Å². The summed E-state index contributed by atoms with van der Waals surface area (Å²) < 4.78 is 50.7. The molecule has 2 fully saturated rings. The number of aliphatic hydroxyl groups is 2.